The zero-order valence-electron chi connectivity index (χ0n) is 14.2. The van der Waals surface area contributed by atoms with Crippen molar-refractivity contribution < 1.29 is 18.0 Å². The van der Waals surface area contributed by atoms with Crippen molar-refractivity contribution in [2.24, 2.45) is 0 Å². The molecule has 0 aliphatic carbocycles. The summed E-state index contributed by atoms with van der Waals surface area (Å²) < 4.78 is 38.1. The van der Waals surface area contributed by atoms with Gasteiger partial charge in [0.2, 0.25) is 5.95 Å². The zero-order chi connectivity index (χ0) is 19.4. The third kappa shape index (κ3) is 4.98. The summed E-state index contributed by atoms with van der Waals surface area (Å²) in [6, 6.07) is 7.60. The molecule has 1 aliphatic rings. The molecule has 0 spiro atoms. The summed E-state index contributed by atoms with van der Waals surface area (Å²) >= 11 is 5.60. The molecule has 1 fully saturated rings. The number of hydrogen-bond donors (Lipinski definition) is 1. The van der Waals surface area contributed by atoms with Crippen LogP contribution >= 0.6 is 11.6 Å². The minimum absolute atomic E-state index is 0.00143. The van der Waals surface area contributed by atoms with E-state index in [2.05, 4.69) is 15.3 Å². The van der Waals surface area contributed by atoms with Gasteiger partial charge in [-0.05, 0) is 49.5 Å². The quantitative estimate of drug-likeness (QED) is 0.473. The largest absolute Gasteiger partial charge is 0.420 e. The van der Waals surface area contributed by atoms with E-state index in [1.165, 1.54) is 5.56 Å². The molecule has 1 saturated heterocycles. The Labute approximate surface area is 160 Å². The highest BCUT2D eigenvalue weighted by atomic mass is 35.5. The van der Waals surface area contributed by atoms with Gasteiger partial charge in [-0.2, -0.15) is 13.2 Å². The second-order valence-electron chi connectivity index (χ2n) is 6.24. The van der Waals surface area contributed by atoms with Crippen molar-refractivity contribution in [2.75, 3.05) is 18.4 Å². The van der Waals surface area contributed by atoms with E-state index in [1.807, 2.05) is 29.1 Å². The van der Waals surface area contributed by atoms with Crippen molar-refractivity contribution in [1.82, 2.24) is 14.8 Å². The summed E-state index contributed by atoms with van der Waals surface area (Å²) in [5.74, 6) is 0.408. The number of aromatic nitrogens is 2. The molecule has 141 valence electrons. The highest BCUT2D eigenvalue weighted by Gasteiger charge is 2.34. The first-order chi connectivity index (χ1) is 12.9. The van der Waals surface area contributed by atoms with E-state index in [4.69, 9.17) is 11.6 Å². The van der Waals surface area contributed by atoms with Gasteiger partial charge in [0.05, 0.1) is 6.19 Å². The summed E-state index contributed by atoms with van der Waals surface area (Å²) in [5.41, 5.74) is 0.766. The number of nitrogens with zero attached hydrogens (tertiary/aromatic N) is 3. The molecule has 2 heterocycles. The van der Waals surface area contributed by atoms with Gasteiger partial charge in [0.1, 0.15) is 10.7 Å². The Kier molecular flexibility index (Phi) is 6.01. The molecule has 2 aromatic rings. The van der Waals surface area contributed by atoms with Crippen molar-refractivity contribution in [2.45, 2.75) is 24.9 Å². The second kappa shape index (κ2) is 8.27. The van der Waals surface area contributed by atoms with Gasteiger partial charge in [0.25, 0.3) is 7.41 Å². The van der Waals surface area contributed by atoms with E-state index in [0.717, 1.165) is 32.1 Å². The molecule has 3 rings (SSSR count). The van der Waals surface area contributed by atoms with Crippen LogP contribution < -0.4 is 5.32 Å². The smallest absolute Gasteiger partial charge is 0.340 e. The number of carbonyl (C=O) groups is 1. The third-order valence-corrected chi connectivity index (χ3v) is 4.78. The van der Waals surface area contributed by atoms with Crippen LogP contribution in [0.4, 0.5) is 24.8 Å². The maximum atomic E-state index is 12.7. The minimum atomic E-state index is -4.59. The molecule has 1 N–H and O–H groups in total. The zero-order valence-corrected chi connectivity index (χ0v) is 15.0. The van der Waals surface area contributed by atoms with Crippen molar-refractivity contribution in [1.29, 1.82) is 0 Å². The number of carbonyl (C=O) groups excluding carboxylic acids is 1. The number of rotatable bonds is 5. The van der Waals surface area contributed by atoms with E-state index in [-0.39, 0.29) is 5.95 Å². The van der Waals surface area contributed by atoms with Gasteiger partial charge in [0.15, 0.2) is 0 Å². The lowest BCUT2D eigenvalue weighted by Crippen LogP contribution is -2.36. The molecule has 0 amide bonds. The Morgan fingerprint density at radius 1 is 1.22 bits per heavy atom. The average molecular weight is 396 g/mol. The molecular weight excluding hydrogens is 379 g/mol. The Morgan fingerprint density at radius 3 is 2.44 bits per heavy atom. The number of hydrogen-bond acceptors (Lipinski definition) is 5. The standard InChI is InChI=1S/C17H16BClF3N4O/c19-15-14(17(20,21)22)9-23-16(25-15)24-13-3-1-11(2-4-13)12-5-7-26(8-6-12)18-10-27/h1-4,9-10,12H,5-8H2,(H,23,24,25). The molecule has 1 aromatic carbocycles. The predicted molar refractivity (Wildman–Crippen MR) is 97.8 cm³/mol. The topological polar surface area (TPSA) is 58.1 Å². The third-order valence-electron chi connectivity index (χ3n) is 4.49. The normalized spacial score (nSPS) is 16.1. The van der Waals surface area contributed by atoms with Crippen LogP contribution in [0.2, 0.25) is 5.15 Å². The highest BCUT2D eigenvalue weighted by Crippen LogP contribution is 2.34. The van der Waals surface area contributed by atoms with Crippen molar-refractivity contribution >= 4 is 36.8 Å². The maximum Gasteiger partial charge on any atom is 0.420 e. The molecule has 0 atom stereocenters. The van der Waals surface area contributed by atoms with Crippen molar-refractivity contribution in [3.05, 3.63) is 46.7 Å². The van der Waals surface area contributed by atoms with Gasteiger partial charge in [0, 0.05) is 11.9 Å². The van der Waals surface area contributed by atoms with E-state index in [1.54, 1.807) is 7.41 Å². The lowest BCUT2D eigenvalue weighted by molar-refractivity contribution is -0.137. The number of benzene rings is 1. The molecule has 0 bridgehead atoms. The Hall–Kier alpha value is -2.13. The second-order valence-corrected chi connectivity index (χ2v) is 6.60. The minimum Gasteiger partial charge on any atom is -0.340 e. The lowest BCUT2D eigenvalue weighted by Gasteiger charge is -2.30. The Balaban J connectivity index is 1.63. The van der Waals surface area contributed by atoms with Gasteiger partial charge in [-0.3, -0.25) is 0 Å². The summed E-state index contributed by atoms with van der Waals surface area (Å²) in [7, 11) is 1.57. The van der Waals surface area contributed by atoms with Gasteiger partial charge in [-0.25, -0.2) is 9.97 Å². The number of anilines is 2. The Morgan fingerprint density at radius 2 is 1.89 bits per heavy atom. The first-order valence-electron chi connectivity index (χ1n) is 8.36. The predicted octanol–water partition coefficient (Wildman–Crippen LogP) is 3.88. The average Bonchev–Trinajstić information content (AvgIpc) is 2.62. The van der Waals surface area contributed by atoms with Crippen LogP contribution in [0.15, 0.2) is 30.5 Å². The van der Waals surface area contributed by atoms with Crippen LogP contribution in [0, 0.1) is 0 Å². The molecule has 1 radical (unpaired) electrons. The van der Waals surface area contributed by atoms with Crippen LogP contribution in [0.5, 0.6) is 0 Å². The van der Waals surface area contributed by atoms with Crippen molar-refractivity contribution in [3.8, 4) is 0 Å². The fourth-order valence-electron chi connectivity index (χ4n) is 3.05. The Bertz CT molecular complexity index is 796. The van der Waals surface area contributed by atoms with Gasteiger partial charge in [-0.1, -0.05) is 23.7 Å². The SMILES string of the molecule is O=C[B]N1CCC(c2ccc(Nc3ncc(C(F)(F)F)c(Cl)n3)cc2)CC1. The molecular formula is C17H16BClF3N4O. The maximum absolute atomic E-state index is 12.7. The van der Waals surface area contributed by atoms with E-state index < -0.39 is 16.9 Å². The lowest BCUT2D eigenvalue weighted by atomic mass is 9.84. The molecule has 1 aromatic heterocycles. The fourth-order valence-corrected chi connectivity index (χ4v) is 3.28. The highest BCUT2D eigenvalue weighted by molar-refractivity contribution is 6.64. The molecule has 5 nitrogen and oxygen atoms in total. The monoisotopic (exact) mass is 395 g/mol. The number of piperidine rings is 1. The van der Waals surface area contributed by atoms with Crippen LogP contribution in [0.1, 0.15) is 29.9 Å². The van der Waals surface area contributed by atoms with Crippen LogP contribution in [0.3, 0.4) is 0 Å². The summed E-state index contributed by atoms with van der Waals surface area (Å²) in [4.78, 5) is 19.9. The summed E-state index contributed by atoms with van der Waals surface area (Å²) in [6.07, 6.45) is -1.22. The van der Waals surface area contributed by atoms with Gasteiger partial charge >= 0.3 is 6.18 Å². The van der Waals surface area contributed by atoms with Crippen LogP contribution in [-0.2, 0) is 11.0 Å². The number of halogens is 4. The fraction of sp³-hybridized carbons (Fsp3) is 0.353. The van der Waals surface area contributed by atoms with Crippen LogP contribution in [0.25, 0.3) is 0 Å². The molecule has 0 saturated carbocycles. The molecule has 1 aliphatic heterocycles. The number of alkyl halides is 3. The molecule has 10 heteroatoms. The first-order valence-corrected chi connectivity index (χ1v) is 8.74. The first kappa shape index (κ1) is 19.6. The van der Waals surface area contributed by atoms with E-state index >= 15 is 0 Å². The van der Waals surface area contributed by atoms with Crippen LogP contribution in [-0.4, -0.2) is 41.5 Å². The molecule has 0 unspecified atom stereocenters. The van der Waals surface area contributed by atoms with Gasteiger partial charge < -0.3 is 14.9 Å². The van der Waals surface area contributed by atoms with E-state index in [9.17, 15) is 18.0 Å². The number of nitrogens with one attached hydrogen (secondary N) is 1. The van der Waals surface area contributed by atoms with E-state index in [0.29, 0.717) is 17.8 Å². The molecule has 27 heavy (non-hydrogen) atoms. The van der Waals surface area contributed by atoms with Crippen molar-refractivity contribution in [3.63, 3.8) is 0 Å². The summed E-state index contributed by atoms with van der Waals surface area (Å²) in [5, 5.41) is 2.21. The van der Waals surface area contributed by atoms with Gasteiger partial charge in [-0.15, -0.1) is 0 Å². The summed E-state index contributed by atoms with van der Waals surface area (Å²) in [6.45, 7) is 1.67.